The van der Waals surface area contributed by atoms with Crippen LogP contribution < -0.4 is 0 Å². The van der Waals surface area contributed by atoms with E-state index in [1.807, 2.05) is 0 Å². The molecule has 0 aromatic heterocycles. The van der Waals surface area contributed by atoms with E-state index in [0.29, 0.717) is 0 Å². The highest BCUT2D eigenvalue weighted by Crippen LogP contribution is 2.31. The van der Waals surface area contributed by atoms with Crippen LogP contribution in [0.1, 0.15) is 22.8 Å². The predicted octanol–water partition coefficient (Wildman–Crippen LogP) is 2.32. The molecule has 0 bridgehead atoms. The van der Waals surface area contributed by atoms with Crippen LogP contribution in [-0.4, -0.2) is 10.7 Å². The van der Waals surface area contributed by atoms with Gasteiger partial charge >= 0.3 is 0 Å². The lowest BCUT2D eigenvalue weighted by molar-refractivity contribution is -0.385. The normalized spacial score (nSPS) is 9.40. The van der Waals surface area contributed by atoms with Crippen molar-refractivity contribution in [3.63, 3.8) is 0 Å². The van der Waals surface area contributed by atoms with Crippen LogP contribution in [0.2, 0.25) is 5.02 Å². The van der Waals surface area contributed by atoms with Crippen LogP contribution in [0.15, 0.2) is 12.1 Å². The molecule has 0 fully saturated rings. The van der Waals surface area contributed by atoms with E-state index in [1.165, 1.54) is 19.1 Å². The summed E-state index contributed by atoms with van der Waals surface area (Å²) in [6.45, 7) is 1.20. The Morgan fingerprint density at radius 2 is 2.20 bits per heavy atom. The molecule has 0 aliphatic rings. The third-order valence-corrected chi connectivity index (χ3v) is 2.18. The van der Waals surface area contributed by atoms with E-state index < -0.39 is 16.4 Å². The summed E-state index contributed by atoms with van der Waals surface area (Å²) in [5.41, 5.74) is -0.624. The highest BCUT2D eigenvalue weighted by molar-refractivity contribution is 6.34. The molecule has 76 valence electrons. The number of Topliss-reactive ketones (excluding diaryl/α,β-unsaturated/α-hetero) is 1. The number of hydrogen-bond donors (Lipinski definition) is 0. The molecule has 0 saturated carbocycles. The summed E-state index contributed by atoms with van der Waals surface area (Å²) in [6, 6.07) is 4.22. The van der Waals surface area contributed by atoms with Gasteiger partial charge < -0.3 is 0 Å². The van der Waals surface area contributed by atoms with Crippen LogP contribution in [-0.2, 0) is 0 Å². The van der Waals surface area contributed by atoms with Crippen LogP contribution in [0, 0.1) is 21.4 Å². The number of nitriles is 1. The molecule has 1 rings (SSSR count). The standard InChI is InChI=1S/C9H5ClN2O3/c1-5(13)7-3-2-6(4-11)8(10)9(7)12(14)15/h2-3H,1H3. The van der Waals surface area contributed by atoms with E-state index in [2.05, 4.69) is 0 Å². The fraction of sp³-hybridized carbons (Fsp3) is 0.111. The molecule has 0 aliphatic carbocycles. The Bertz CT molecular complexity index is 491. The number of ketones is 1. The van der Waals surface area contributed by atoms with Crippen molar-refractivity contribution in [2.75, 3.05) is 0 Å². The molecule has 1 aromatic carbocycles. The lowest BCUT2D eigenvalue weighted by Crippen LogP contribution is -2.01. The highest BCUT2D eigenvalue weighted by Gasteiger charge is 2.24. The monoisotopic (exact) mass is 224 g/mol. The van der Waals surface area contributed by atoms with Gasteiger partial charge in [0, 0.05) is 0 Å². The highest BCUT2D eigenvalue weighted by atomic mass is 35.5. The summed E-state index contributed by atoms with van der Waals surface area (Å²) in [5.74, 6) is -0.465. The minimum atomic E-state index is -0.764. The van der Waals surface area contributed by atoms with Crippen molar-refractivity contribution in [2.45, 2.75) is 6.92 Å². The molecule has 6 heteroatoms. The summed E-state index contributed by atoms with van der Waals surface area (Å²) < 4.78 is 0. The lowest BCUT2D eigenvalue weighted by Gasteiger charge is -2.01. The van der Waals surface area contributed by atoms with Gasteiger partial charge in [0.25, 0.3) is 5.69 Å². The van der Waals surface area contributed by atoms with Crippen molar-refractivity contribution in [1.82, 2.24) is 0 Å². The van der Waals surface area contributed by atoms with E-state index in [4.69, 9.17) is 16.9 Å². The summed E-state index contributed by atoms with van der Waals surface area (Å²) in [5, 5.41) is 19.0. The molecule has 0 unspecified atom stereocenters. The van der Waals surface area contributed by atoms with Gasteiger partial charge in [0.15, 0.2) is 5.78 Å². The summed E-state index contributed by atoms with van der Waals surface area (Å²) in [7, 11) is 0. The van der Waals surface area contributed by atoms with E-state index in [0.717, 1.165) is 0 Å². The molecular weight excluding hydrogens is 220 g/mol. The Kier molecular flexibility index (Phi) is 3.02. The molecule has 0 spiro atoms. The first-order valence-electron chi connectivity index (χ1n) is 3.87. The molecule has 0 amide bonds. The number of benzene rings is 1. The van der Waals surface area contributed by atoms with E-state index >= 15 is 0 Å². The fourth-order valence-corrected chi connectivity index (χ4v) is 1.39. The average Bonchev–Trinajstić information content (AvgIpc) is 2.16. The third-order valence-electron chi connectivity index (χ3n) is 1.80. The molecule has 0 aliphatic heterocycles. The fourth-order valence-electron chi connectivity index (χ4n) is 1.11. The first kappa shape index (κ1) is 11.1. The second-order valence-electron chi connectivity index (χ2n) is 2.75. The first-order chi connectivity index (χ1) is 6.99. The first-order valence-corrected chi connectivity index (χ1v) is 4.24. The average molecular weight is 225 g/mol. The van der Waals surface area contributed by atoms with Gasteiger partial charge in [-0.1, -0.05) is 11.6 Å². The largest absolute Gasteiger partial charge is 0.299 e. The lowest BCUT2D eigenvalue weighted by atomic mass is 10.1. The van der Waals surface area contributed by atoms with Crippen molar-refractivity contribution < 1.29 is 9.72 Å². The van der Waals surface area contributed by atoms with Crippen molar-refractivity contribution >= 4 is 23.1 Å². The van der Waals surface area contributed by atoms with Gasteiger partial charge in [-0.05, 0) is 19.1 Å². The number of nitro benzene ring substituents is 1. The van der Waals surface area contributed by atoms with Gasteiger partial charge in [-0.15, -0.1) is 0 Å². The molecule has 5 nitrogen and oxygen atoms in total. The van der Waals surface area contributed by atoms with Gasteiger partial charge in [-0.2, -0.15) is 5.26 Å². The maximum atomic E-state index is 11.1. The Balaban J connectivity index is 3.60. The number of hydrogen-bond acceptors (Lipinski definition) is 4. The van der Waals surface area contributed by atoms with Crippen LogP contribution in [0.25, 0.3) is 0 Å². The van der Waals surface area contributed by atoms with Gasteiger partial charge in [0.1, 0.15) is 11.1 Å². The second kappa shape index (κ2) is 4.07. The van der Waals surface area contributed by atoms with Gasteiger partial charge in [0.2, 0.25) is 0 Å². The molecule has 0 saturated heterocycles. The van der Waals surface area contributed by atoms with Gasteiger partial charge in [0.05, 0.1) is 16.1 Å². The summed E-state index contributed by atoms with van der Waals surface area (Å²) >= 11 is 5.64. The van der Waals surface area contributed by atoms with Crippen molar-refractivity contribution in [1.29, 1.82) is 5.26 Å². The predicted molar refractivity (Wildman–Crippen MR) is 52.8 cm³/mol. The van der Waals surface area contributed by atoms with E-state index in [-0.39, 0.29) is 16.1 Å². The minimum absolute atomic E-state index is 0.0200. The second-order valence-corrected chi connectivity index (χ2v) is 3.13. The maximum absolute atomic E-state index is 11.1. The zero-order chi connectivity index (χ0) is 11.6. The number of carbonyl (C=O) groups excluding carboxylic acids is 1. The number of carbonyl (C=O) groups is 1. The smallest absolute Gasteiger partial charge is 0.294 e. The van der Waals surface area contributed by atoms with Gasteiger partial charge in [-0.3, -0.25) is 14.9 Å². The van der Waals surface area contributed by atoms with Crippen LogP contribution in [0.5, 0.6) is 0 Å². The summed E-state index contributed by atoms with van der Waals surface area (Å²) in [6.07, 6.45) is 0. The quantitative estimate of drug-likeness (QED) is 0.438. The number of rotatable bonds is 2. The molecule has 0 atom stereocenters. The molecular formula is C9H5ClN2O3. The van der Waals surface area contributed by atoms with Crippen molar-refractivity contribution in [3.8, 4) is 6.07 Å². The molecule has 0 N–H and O–H groups in total. The molecule has 0 heterocycles. The third kappa shape index (κ3) is 1.95. The minimum Gasteiger partial charge on any atom is -0.294 e. The molecule has 1 aromatic rings. The Labute approximate surface area is 90.0 Å². The van der Waals surface area contributed by atoms with E-state index in [1.54, 1.807) is 6.07 Å². The Morgan fingerprint density at radius 3 is 2.60 bits per heavy atom. The summed E-state index contributed by atoms with van der Waals surface area (Å²) in [4.78, 5) is 21.0. The number of nitro groups is 1. The number of nitrogens with zero attached hydrogens (tertiary/aromatic N) is 2. The molecule has 15 heavy (non-hydrogen) atoms. The zero-order valence-electron chi connectivity index (χ0n) is 7.65. The van der Waals surface area contributed by atoms with Crippen molar-refractivity contribution in [3.05, 3.63) is 38.4 Å². The van der Waals surface area contributed by atoms with Crippen LogP contribution in [0.4, 0.5) is 5.69 Å². The Hall–Kier alpha value is -1.93. The van der Waals surface area contributed by atoms with E-state index in [9.17, 15) is 14.9 Å². The SMILES string of the molecule is CC(=O)c1ccc(C#N)c(Cl)c1[N+](=O)[O-]. The zero-order valence-corrected chi connectivity index (χ0v) is 8.41. The maximum Gasteiger partial charge on any atom is 0.299 e. The molecule has 0 radical (unpaired) electrons. The Morgan fingerprint density at radius 1 is 1.60 bits per heavy atom. The topological polar surface area (TPSA) is 84.0 Å². The van der Waals surface area contributed by atoms with Gasteiger partial charge in [-0.25, -0.2) is 0 Å². The van der Waals surface area contributed by atoms with Crippen LogP contribution in [0.3, 0.4) is 0 Å². The van der Waals surface area contributed by atoms with Crippen molar-refractivity contribution in [2.24, 2.45) is 0 Å². The number of halogens is 1. The van der Waals surface area contributed by atoms with Crippen LogP contribution >= 0.6 is 11.6 Å².